The van der Waals surface area contributed by atoms with E-state index in [1.165, 1.54) is 18.4 Å². The Morgan fingerprint density at radius 3 is 2.45 bits per heavy atom. The van der Waals surface area contributed by atoms with Crippen molar-refractivity contribution < 1.29 is 5.11 Å². The van der Waals surface area contributed by atoms with Gasteiger partial charge in [0.25, 0.3) is 0 Å². The molecule has 6 nitrogen and oxygen atoms in total. The van der Waals surface area contributed by atoms with Gasteiger partial charge in [-0.05, 0) is 55.9 Å². The Morgan fingerprint density at radius 1 is 1.13 bits per heavy atom. The van der Waals surface area contributed by atoms with Crippen molar-refractivity contribution in [2.75, 3.05) is 13.1 Å². The van der Waals surface area contributed by atoms with Gasteiger partial charge < -0.3 is 15.7 Å². The number of pyridine rings is 1. The van der Waals surface area contributed by atoms with Gasteiger partial charge >= 0.3 is 0 Å². The number of aliphatic hydroxyl groups excluding tert-OH is 1. The van der Waals surface area contributed by atoms with Crippen LogP contribution in [0.25, 0.3) is 0 Å². The molecule has 3 N–H and O–H groups in total. The number of benzene rings is 1. The summed E-state index contributed by atoms with van der Waals surface area (Å²) in [5.74, 6) is 0.798. The van der Waals surface area contributed by atoms with E-state index in [1.807, 2.05) is 12.1 Å². The summed E-state index contributed by atoms with van der Waals surface area (Å²) in [5.41, 5.74) is 2.25. The second kappa shape index (κ2) is 11.8. The summed E-state index contributed by atoms with van der Waals surface area (Å²) in [6.45, 7) is 4.26. The van der Waals surface area contributed by atoms with Crippen LogP contribution < -0.4 is 10.6 Å². The molecular formula is C24H34IN5O. The Labute approximate surface area is 202 Å². The lowest BCUT2D eigenvalue weighted by Crippen LogP contribution is -2.52. The average Bonchev–Trinajstić information content (AvgIpc) is 3.01. The number of nitrogens with zero attached hydrogens (tertiary/aromatic N) is 3. The van der Waals surface area contributed by atoms with Crippen LogP contribution in [0.5, 0.6) is 0 Å². The first-order chi connectivity index (χ1) is 14.7. The standard InChI is InChI=1S/C24H33N5O.HI/c1-2-26-24(27-16-23(30)19-10-12-25-13-11-19)28-20-14-21-8-9-22(15-20)29(21)17-18-6-4-3-5-7-18;/h3-7,10-13,20-23,30H,2,8-9,14-17H2,1H3,(H2,26,27,28);1H. The molecule has 7 heteroatoms. The zero-order valence-electron chi connectivity index (χ0n) is 18.2. The minimum Gasteiger partial charge on any atom is -0.386 e. The fraction of sp³-hybridized carbons (Fsp3) is 0.500. The van der Waals surface area contributed by atoms with Crippen molar-refractivity contribution in [2.24, 2.45) is 4.99 Å². The van der Waals surface area contributed by atoms with Crippen LogP contribution in [0.1, 0.15) is 49.8 Å². The van der Waals surface area contributed by atoms with Gasteiger partial charge in [-0.15, -0.1) is 24.0 Å². The summed E-state index contributed by atoms with van der Waals surface area (Å²) in [4.78, 5) is 11.4. The number of hydrogen-bond acceptors (Lipinski definition) is 4. The van der Waals surface area contributed by atoms with Crippen molar-refractivity contribution in [3.05, 3.63) is 66.0 Å². The second-order valence-electron chi connectivity index (χ2n) is 8.37. The molecular weight excluding hydrogens is 501 g/mol. The van der Waals surface area contributed by atoms with E-state index in [4.69, 9.17) is 0 Å². The largest absolute Gasteiger partial charge is 0.386 e. The molecule has 2 aliphatic heterocycles. The molecule has 168 valence electrons. The van der Waals surface area contributed by atoms with Gasteiger partial charge in [0.2, 0.25) is 0 Å². The number of aliphatic imine (C=N–C) groups is 1. The predicted molar refractivity (Wildman–Crippen MR) is 136 cm³/mol. The van der Waals surface area contributed by atoms with Crippen molar-refractivity contribution in [3.63, 3.8) is 0 Å². The van der Waals surface area contributed by atoms with Crippen LogP contribution in [-0.2, 0) is 6.54 Å². The van der Waals surface area contributed by atoms with E-state index in [0.29, 0.717) is 24.7 Å². The normalized spacial score (nSPS) is 24.3. The Hall–Kier alpha value is -1.71. The zero-order chi connectivity index (χ0) is 20.8. The highest BCUT2D eigenvalue weighted by molar-refractivity contribution is 14.0. The summed E-state index contributed by atoms with van der Waals surface area (Å²) in [5, 5.41) is 17.4. The maximum Gasteiger partial charge on any atom is 0.191 e. The first-order valence-electron chi connectivity index (χ1n) is 11.2. The number of aliphatic hydroxyl groups is 1. The zero-order valence-corrected chi connectivity index (χ0v) is 20.5. The molecule has 2 bridgehead atoms. The predicted octanol–water partition coefficient (Wildman–Crippen LogP) is 3.48. The molecule has 3 atom stereocenters. The molecule has 31 heavy (non-hydrogen) atoms. The molecule has 2 fully saturated rings. The number of nitrogens with one attached hydrogen (secondary N) is 2. The molecule has 0 spiro atoms. The molecule has 2 aromatic rings. The molecule has 2 aliphatic rings. The number of guanidine groups is 1. The molecule has 0 saturated carbocycles. The van der Waals surface area contributed by atoms with Crippen molar-refractivity contribution in [1.29, 1.82) is 0 Å². The molecule has 2 saturated heterocycles. The third-order valence-electron chi connectivity index (χ3n) is 6.29. The van der Waals surface area contributed by atoms with Gasteiger partial charge in [0, 0.05) is 43.6 Å². The summed E-state index contributed by atoms with van der Waals surface area (Å²) in [7, 11) is 0. The number of piperidine rings is 1. The first-order valence-corrected chi connectivity index (χ1v) is 11.2. The van der Waals surface area contributed by atoms with Gasteiger partial charge in [-0.2, -0.15) is 0 Å². The molecule has 0 radical (unpaired) electrons. The van der Waals surface area contributed by atoms with Crippen molar-refractivity contribution in [1.82, 2.24) is 20.5 Å². The summed E-state index contributed by atoms with van der Waals surface area (Å²) < 4.78 is 0. The Balaban J connectivity index is 0.00000272. The molecule has 4 rings (SSSR count). The van der Waals surface area contributed by atoms with E-state index in [-0.39, 0.29) is 24.0 Å². The highest BCUT2D eigenvalue weighted by Crippen LogP contribution is 2.36. The Kier molecular flexibility index (Phi) is 9.10. The van der Waals surface area contributed by atoms with Gasteiger partial charge in [-0.25, -0.2) is 0 Å². The summed E-state index contributed by atoms with van der Waals surface area (Å²) >= 11 is 0. The SMILES string of the molecule is CCNC(=NCC(O)c1ccncc1)NC1CC2CCC(C1)N2Cc1ccccc1.I. The van der Waals surface area contributed by atoms with E-state index in [2.05, 4.69) is 62.8 Å². The fourth-order valence-corrected chi connectivity index (χ4v) is 4.83. The van der Waals surface area contributed by atoms with Crippen LogP contribution in [0.3, 0.4) is 0 Å². The van der Waals surface area contributed by atoms with Crippen molar-refractivity contribution in [3.8, 4) is 0 Å². The number of rotatable bonds is 7. The second-order valence-corrected chi connectivity index (χ2v) is 8.37. The molecule has 3 heterocycles. The van der Waals surface area contributed by atoms with E-state index in [1.54, 1.807) is 12.4 Å². The minimum absolute atomic E-state index is 0. The van der Waals surface area contributed by atoms with E-state index in [9.17, 15) is 5.11 Å². The minimum atomic E-state index is -0.618. The third-order valence-corrected chi connectivity index (χ3v) is 6.29. The lowest BCUT2D eigenvalue weighted by molar-refractivity contribution is 0.114. The highest BCUT2D eigenvalue weighted by Gasteiger charge is 2.40. The number of hydrogen-bond donors (Lipinski definition) is 3. The quantitative estimate of drug-likeness (QED) is 0.288. The molecule has 1 aromatic heterocycles. The lowest BCUT2D eigenvalue weighted by Gasteiger charge is -2.39. The Bertz CT molecular complexity index is 805. The van der Waals surface area contributed by atoms with Gasteiger partial charge in [0.15, 0.2) is 5.96 Å². The molecule has 1 aromatic carbocycles. The van der Waals surface area contributed by atoms with Gasteiger partial charge in [-0.3, -0.25) is 14.9 Å². The number of halogens is 1. The van der Waals surface area contributed by atoms with E-state index >= 15 is 0 Å². The fourth-order valence-electron chi connectivity index (χ4n) is 4.83. The topological polar surface area (TPSA) is 72.8 Å². The van der Waals surface area contributed by atoms with Crippen molar-refractivity contribution >= 4 is 29.9 Å². The number of aromatic nitrogens is 1. The summed E-state index contributed by atoms with van der Waals surface area (Å²) in [6, 6.07) is 16.2. The van der Waals surface area contributed by atoms with Crippen LogP contribution in [0.4, 0.5) is 0 Å². The van der Waals surface area contributed by atoms with Crippen LogP contribution in [0.2, 0.25) is 0 Å². The van der Waals surface area contributed by atoms with Gasteiger partial charge in [0.05, 0.1) is 12.6 Å². The molecule has 3 unspecified atom stereocenters. The third kappa shape index (κ3) is 6.40. The van der Waals surface area contributed by atoms with Crippen LogP contribution >= 0.6 is 24.0 Å². The van der Waals surface area contributed by atoms with E-state index < -0.39 is 6.10 Å². The highest BCUT2D eigenvalue weighted by atomic mass is 127. The van der Waals surface area contributed by atoms with E-state index in [0.717, 1.165) is 37.5 Å². The average molecular weight is 535 g/mol. The molecule has 0 aliphatic carbocycles. The summed E-state index contributed by atoms with van der Waals surface area (Å²) in [6.07, 6.45) is 7.62. The maximum atomic E-state index is 10.4. The monoisotopic (exact) mass is 535 g/mol. The van der Waals surface area contributed by atoms with Crippen molar-refractivity contribution in [2.45, 2.75) is 63.4 Å². The van der Waals surface area contributed by atoms with Crippen LogP contribution in [0.15, 0.2) is 59.9 Å². The smallest absolute Gasteiger partial charge is 0.191 e. The first kappa shape index (κ1) is 23.9. The van der Waals surface area contributed by atoms with Crippen LogP contribution in [-0.4, -0.2) is 52.2 Å². The van der Waals surface area contributed by atoms with Crippen LogP contribution in [0, 0.1) is 0 Å². The Morgan fingerprint density at radius 2 is 1.81 bits per heavy atom. The maximum absolute atomic E-state index is 10.4. The van der Waals surface area contributed by atoms with Gasteiger partial charge in [0.1, 0.15) is 0 Å². The lowest BCUT2D eigenvalue weighted by atomic mass is 9.96. The number of fused-ring (bicyclic) bond motifs is 2. The van der Waals surface area contributed by atoms with Gasteiger partial charge in [-0.1, -0.05) is 30.3 Å². The molecule has 0 amide bonds.